The molecule has 0 aliphatic heterocycles. The van der Waals surface area contributed by atoms with E-state index >= 15 is 0 Å². The second-order valence-corrected chi connectivity index (χ2v) is 5.06. The molecule has 3 nitrogen and oxygen atoms in total. The molecule has 0 unspecified atom stereocenters. The third-order valence-electron chi connectivity index (χ3n) is 3.58. The molecule has 1 aromatic heterocycles. The monoisotopic (exact) mass is 273 g/mol. The highest BCUT2D eigenvalue weighted by Gasteiger charge is 2.33. The van der Waals surface area contributed by atoms with E-state index in [-0.39, 0.29) is 6.54 Å². The van der Waals surface area contributed by atoms with E-state index in [0.29, 0.717) is 17.3 Å². The van der Waals surface area contributed by atoms with Crippen LogP contribution >= 0.6 is 0 Å². The van der Waals surface area contributed by atoms with Crippen LogP contribution in [0.15, 0.2) is 12.1 Å². The van der Waals surface area contributed by atoms with Crippen molar-refractivity contribution in [2.75, 3.05) is 18.5 Å². The van der Waals surface area contributed by atoms with Crippen LogP contribution in [0.5, 0.6) is 0 Å². The van der Waals surface area contributed by atoms with E-state index < -0.39 is 11.9 Å². The van der Waals surface area contributed by atoms with Gasteiger partial charge in [-0.2, -0.15) is 13.2 Å². The Morgan fingerprint density at radius 1 is 1.37 bits per heavy atom. The van der Waals surface area contributed by atoms with Crippen LogP contribution in [-0.4, -0.2) is 18.6 Å². The summed E-state index contributed by atoms with van der Waals surface area (Å²) in [7, 11) is 1.78. The normalized spacial score (nSPS) is 16.3. The van der Waals surface area contributed by atoms with E-state index in [2.05, 4.69) is 4.98 Å². The molecule has 2 N–H and O–H groups in total. The molecule has 0 atom stereocenters. The SMILES string of the molecule is CN(CC1CCC1)c1nc(C(F)(F)F)ccc1CN. The van der Waals surface area contributed by atoms with Gasteiger partial charge in [0.2, 0.25) is 0 Å². The molecule has 1 aliphatic carbocycles. The summed E-state index contributed by atoms with van der Waals surface area (Å²) < 4.78 is 38.1. The van der Waals surface area contributed by atoms with Gasteiger partial charge in [0, 0.05) is 25.7 Å². The molecule has 1 aliphatic rings. The third-order valence-corrected chi connectivity index (χ3v) is 3.58. The van der Waals surface area contributed by atoms with Gasteiger partial charge in [-0.3, -0.25) is 0 Å². The lowest BCUT2D eigenvalue weighted by Crippen LogP contribution is -2.31. The van der Waals surface area contributed by atoms with E-state index in [1.54, 1.807) is 11.9 Å². The Kier molecular flexibility index (Phi) is 3.99. The second-order valence-electron chi connectivity index (χ2n) is 5.06. The Morgan fingerprint density at radius 3 is 2.53 bits per heavy atom. The average molecular weight is 273 g/mol. The van der Waals surface area contributed by atoms with Gasteiger partial charge in [0.25, 0.3) is 0 Å². The molecule has 0 spiro atoms. The van der Waals surface area contributed by atoms with Gasteiger partial charge in [-0.15, -0.1) is 0 Å². The molecule has 0 saturated heterocycles. The number of hydrogen-bond acceptors (Lipinski definition) is 3. The number of hydrogen-bond donors (Lipinski definition) is 1. The van der Waals surface area contributed by atoms with Gasteiger partial charge in [0.1, 0.15) is 11.5 Å². The Labute approximate surface area is 110 Å². The quantitative estimate of drug-likeness (QED) is 0.917. The van der Waals surface area contributed by atoms with Crippen LogP contribution in [0.2, 0.25) is 0 Å². The molecule has 1 aromatic rings. The van der Waals surface area contributed by atoms with E-state index in [1.165, 1.54) is 12.5 Å². The van der Waals surface area contributed by atoms with E-state index in [9.17, 15) is 13.2 Å². The molecular weight excluding hydrogens is 255 g/mol. The summed E-state index contributed by atoms with van der Waals surface area (Å²) in [5.74, 6) is 0.913. The molecule has 1 heterocycles. The summed E-state index contributed by atoms with van der Waals surface area (Å²) >= 11 is 0. The Morgan fingerprint density at radius 2 is 2.05 bits per heavy atom. The Bertz CT molecular complexity index is 441. The van der Waals surface area contributed by atoms with Crippen LogP contribution in [-0.2, 0) is 12.7 Å². The summed E-state index contributed by atoms with van der Waals surface area (Å²) in [6, 6.07) is 2.41. The molecule has 2 rings (SSSR count). The first-order valence-corrected chi connectivity index (χ1v) is 6.40. The lowest BCUT2D eigenvalue weighted by molar-refractivity contribution is -0.141. The lowest BCUT2D eigenvalue weighted by atomic mass is 9.85. The van der Waals surface area contributed by atoms with Gasteiger partial charge in [0.15, 0.2) is 0 Å². The smallest absolute Gasteiger partial charge is 0.359 e. The average Bonchev–Trinajstić information content (AvgIpc) is 2.31. The first-order valence-electron chi connectivity index (χ1n) is 6.40. The largest absolute Gasteiger partial charge is 0.433 e. The number of alkyl halides is 3. The van der Waals surface area contributed by atoms with Gasteiger partial charge in [-0.25, -0.2) is 4.98 Å². The fourth-order valence-electron chi connectivity index (χ4n) is 2.27. The second kappa shape index (κ2) is 5.36. The minimum Gasteiger partial charge on any atom is -0.359 e. The number of pyridine rings is 1. The number of aromatic nitrogens is 1. The third kappa shape index (κ3) is 3.18. The number of nitrogens with zero attached hydrogens (tertiary/aromatic N) is 2. The fraction of sp³-hybridized carbons (Fsp3) is 0.615. The van der Waals surface area contributed by atoms with E-state index in [1.807, 2.05) is 0 Å². The summed E-state index contributed by atoms with van der Waals surface area (Å²) in [4.78, 5) is 5.54. The lowest BCUT2D eigenvalue weighted by Gasteiger charge is -2.31. The highest BCUT2D eigenvalue weighted by atomic mass is 19.4. The maximum atomic E-state index is 12.7. The Hall–Kier alpha value is -1.30. The predicted octanol–water partition coefficient (Wildman–Crippen LogP) is 2.80. The summed E-state index contributed by atoms with van der Waals surface area (Å²) in [5.41, 5.74) is 5.36. The van der Waals surface area contributed by atoms with Gasteiger partial charge < -0.3 is 10.6 Å². The van der Waals surface area contributed by atoms with Crippen LogP contribution in [0.4, 0.5) is 19.0 Å². The first-order chi connectivity index (χ1) is 8.91. The van der Waals surface area contributed by atoms with E-state index in [4.69, 9.17) is 5.73 Å². The Balaban J connectivity index is 2.24. The molecule has 0 radical (unpaired) electrons. The predicted molar refractivity (Wildman–Crippen MR) is 67.7 cm³/mol. The van der Waals surface area contributed by atoms with Crippen molar-refractivity contribution in [3.8, 4) is 0 Å². The maximum Gasteiger partial charge on any atom is 0.433 e. The van der Waals surface area contributed by atoms with Gasteiger partial charge in [-0.05, 0) is 24.8 Å². The van der Waals surface area contributed by atoms with Gasteiger partial charge in [0.05, 0.1) is 0 Å². The maximum absolute atomic E-state index is 12.7. The first kappa shape index (κ1) is 14.1. The minimum absolute atomic E-state index is 0.190. The number of halogens is 3. The summed E-state index contributed by atoms with van der Waals surface area (Å²) in [6.45, 7) is 0.927. The van der Waals surface area contributed by atoms with Gasteiger partial charge in [-0.1, -0.05) is 12.5 Å². The van der Waals surface area contributed by atoms with Gasteiger partial charge >= 0.3 is 6.18 Å². The fourth-order valence-corrected chi connectivity index (χ4v) is 2.27. The number of nitrogens with two attached hydrogens (primary N) is 1. The zero-order chi connectivity index (χ0) is 14.0. The van der Waals surface area contributed by atoms with Crippen LogP contribution in [0.3, 0.4) is 0 Å². The van der Waals surface area contributed by atoms with Crippen LogP contribution < -0.4 is 10.6 Å². The van der Waals surface area contributed by atoms with Crippen LogP contribution in [0, 0.1) is 5.92 Å². The molecule has 106 valence electrons. The molecular formula is C13H18F3N3. The summed E-state index contributed by atoms with van der Waals surface area (Å²) in [5, 5.41) is 0. The summed E-state index contributed by atoms with van der Waals surface area (Å²) in [6.07, 6.45) is -0.931. The van der Waals surface area contributed by atoms with Crippen molar-refractivity contribution in [1.82, 2.24) is 4.98 Å². The van der Waals surface area contributed by atoms with Crippen LogP contribution in [0.1, 0.15) is 30.5 Å². The molecule has 6 heteroatoms. The highest BCUT2D eigenvalue weighted by Crippen LogP contribution is 2.32. The molecule has 0 bridgehead atoms. The molecule has 0 aromatic carbocycles. The molecule has 1 saturated carbocycles. The van der Waals surface area contributed by atoms with Crippen molar-refractivity contribution in [3.63, 3.8) is 0 Å². The molecule has 1 fully saturated rings. The van der Waals surface area contributed by atoms with Crippen molar-refractivity contribution in [2.45, 2.75) is 32.0 Å². The zero-order valence-electron chi connectivity index (χ0n) is 10.9. The van der Waals surface area contributed by atoms with Crippen molar-refractivity contribution < 1.29 is 13.2 Å². The number of anilines is 1. The minimum atomic E-state index is -4.42. The number of rotatable bonds is 4. The van der Waals surface area contributed by atoms with Crippen molar-refractivity contribution in [3.05, 3.63) is 23.4 Å². The van der Waals surface area contributed by atoms with E-state index in [0.717, 1.165) is 25.5 Å². The zero-order valence-corrected chi connectivity index (χ0v) is 10.9. The molecule has 0 amide bonds. The van der Waals surface area contributed by atoms with Crippen molar-refractivity contribution in [2.24, 2.45) is 11.7 Å². The van der Waals surface area contributed by atoms with Crippen molar-refractivity contribution in [1.29, 1.82) is 0 Å². The van der Waals surface area contributed by atoms with Crippen LogP contribution in [0.25, 0.3) is 0 Å². The highest BCUT2D eigenvalue weighted by molar-refractivity contribution is 5.47. The molecule has 19 heavy (non-hydrogen) atoms. The van der Waals surface area contributed by atoms with Crippen molar-refractivity contribution >= 4 is 5.82 Å². The topological polar surface area (TPSA) is 42.2 Å². The standard InChI is InChI=1S/C13H18F3N3/c1-19(8-9-3-2-4-9)12-10(7-17)5-6-11(18-12)13(14,15)16/h5-6,9H,2-4,7-8,17H2,1H3.